The molecule has 2 amide bonds. The maximum Gasteiger partial charge on any atom is 0.239 e. The number of nitrogens with one attached hydrogen (secondary N) is 1. The number of carbonyl (C=O) groups excluding carboxylic acids is 2. The van der Waals surface area contributed by atoms with Gasteiger partial charge in [-0.3, -0.25) is 9.59 Å². The van der Waals surface area contributed by atoms with Gasteiger partial charge in [0.05, 0.1) is 0 Å². The Balaban J connectivity index is 1.61. The van der Waals surface area contributed by atoms with Crippen LogP contribution in [-0.4, -0.2) is 18.4 Å². The zero-order chi connectivity index (χ0) is 17.1. The van der Waals surface area contributed by atoms with Gasteiger partial charge in [0.25, 0.3) is 0 Å². The molecule has 124 valence electrons. The number of hydrogen-bond acceptors (Lipinski definition) is 2. The first-order chi connectivity index (χ1) is 11.5. The Morgan fingerprint density at radius 1 is 1.04 bits per heavy atom. The molecule has 0 saturated carbocycles. The van der Waals surface area contributed by atoms with Gasteiger partial charge in [-0.15, -0.1) is 0 Å². The molecule has 0 unspecified atom stereocenters. The zero-order valence-electron chi connectivity index (χ0n) is 12.8. The molecule has 24 heavy (non-hydrogen) atoms. The van der Waals surface area contributed by atoms with Gasteiger partial charge in [-0.25, -0.2) is 8.78 Å². The summed E-state index contributed by atoms with van der Waals surface area (Å²) in [6.07, 6.45) is 0.408. The molecule has 4 nitrogen and oxygen atoms in total. The SMILES string of the molecule is O=C(NCc1ccc(F)cc1)[C@@H]1CCN(c2ccc(F)cc2)C1=O. The van der Waals surface area contributed by atoms with E-state index < -0.39 is 5.92 Å². The maximum atomic E-state index is 13.0. The van der Waals surface area contributed by atoms with E-state index in [0.717, 1.165) is 5.56 Å². The van der Waals surface area contributed by atoms with Crippen molar-refractivity contribution in [1.82, 2.24) is 5.32 Å². The predicted molar refractivity (Wildman–Crippen MR) is 85.1 cm³/mol. The first kappa shape index (κ1) is 16.1. The summed E-state index contributed by atoms with van der Waals surface area (Å²) < 4.78 is 25.8. The Bertz CT molecular complexity index is 745. The van der Waals surface area contributed by atoms with Crippen LogP contribution in [0.4, 0.5) is 14.5 Å². The second-order valence-corrected chi connectivity index (χ2v) is 5.65. The van der Waals surface area contributed by atoms with E-state index in [0.29, 0.717) is 18.7 Å². The molecule has 6 heteroatoms. The normalized spacial score (nSPS) is 17.2. The molecule has 1 heterocycles. The van der Waals surface area contributed by atoms with E-state index in [1.165, 1.54) is 41.3 Å². The lowest BCUT2D eigenvalue weighted by Crippen LogP contribution is -2.36. The minimum Gasteiger partial charge on any atom is -0.351 e. The Labute approximate surface area is 138 Å². The molecular weight excluding hydrogens is 314 g/mol. The first-order valence-corrected chi connectivity index (χ1v) is 7.64. The Morgan fingerprint density at radius 2 is 1.62 bits per heavy atom. The van der Waals surface area contributed by atoms with Crippen molar-refractivity contribution >= 4 is 17.5 Å². The van der Waals surface area contributed by atoms with Gasteiger partial charge in [0, 0.05) is 18.8 Å². The predicted octanol–water partition coefficient (Wildman–Crippen LogP) is 2.63. The van der Waals surface area contributed by atoms with Crippen LogP contribution in [0.25, 0.3) is 0 Å². The van der Waals surface area contributed by atoms with Gasteiger partial charge in [-0.1, -0.05) is 12.1 Å². The lowest BCUT2D eigenvalue weighted by Gasteiger charge is -2.16. The highest BCUT2D eigenvalue weighted by Gasteiger charge is 2.37. The molecular formula is C18H16F2N2O2. The number of benzene rings is 2. The van der Waals surface area contributed by atoms with Crippen LogP contribution >= 0.6 is 0 Å². The van der Waals surface area contributed by atoms with E-state index in [1.807, 2.05) is 0 Å². The maximum absolute atomic E-state index is 13.0. The van der Waals surface area contributed by atoms with E-state index in [9.17, 15) is 18.4 Å². The molecule has 1 atom stereocenters. The fourth-order valence-electron chi connectivity index (χ4n) is 2.72. The van der Waals surface area contributed by atoms with Gasteiger partial charge in [0.15, 0.2) is 0 Å². The summed E-state index contributed by atoms with van der Waals surface area (Å²) in [6.45, 7) is 0.651. The highest BCUT2D eigenvalue weighted by molar-refractivity contribution is 6.09. The number of rotatable bonds is 4. The number of halogens is 2. The largest absolute Gasteiger partial charge is 0.351 e. The molecule has 1 N–H and O–H groups in total. The Morgan fingerprint density at radius 3 is 2.25 bits per heavy atom. The summed E-state index contributed by atoms with van der Waals surface area (Å²) in [6, 6.07) is 11.4. The van der Waals surface area contributed by atoms with Crippen molar-refractivity contribution in [2.24, 2.45) is 5.92 Å². The zero-order valence-corrected chi connectivity index (χ0v) is 12.8. The van der Waals surface area contributed by atoms with Crippen LogP contribution < -0.4 is 10.2 Å². The number of amides is 2. The fourth-order valence-corrected chi connectivity index (χ4v) is 2.72. The molecule has 0 aromatic heterocycles. The number of hydrogen-bond donors (Lipinski definition) is 1. The van der Waals surface area contributed by atoms with E-state index in [-0.39, 0.29) is 30.0 Å². The third-order valence-electron chi connectivity index (χ3n) is 4.04. The molecule has 0 radical (unpaired) electrons. The smallest absolute Gasteiger partial charge is 0.239 e. The molecule has 1 aliphatic heterocycles. The molecule has 0 bridgehead atoms. The first-order valence-electron chi connectivity index (χ1n) is 7.64. The van der Waals surface area contributed by atoms with Crippen LogP contribution in [0.1, 0.15) is 12.0 Å². The van der Waals surface area contributed by atoms with Crippen molar-refractivity contribution < 1.29 is 18.4 Å². The molecule has 1 aliphatic rings. The van der Waals surface area contributed by atoms with Crippen molar-refractivity contribution in [1.29, 1.82) is 0 Å². The second kappa shape index (κ2) is 6.78. The number of carbonyl (C=O) groups is 2. The average Bonchev–Trinajstić information content (AvgIpc) is 2.96. The summed E-state index contributed by atoms with van der Waals surface area (Å²) in [5.41, 5.74) is 1.33. The van der Waals surface area contributed by atoms with Crippen molar-refractivity contribution in [2.45, 2.75) is 13.0 Å². The van der Waals surface area contributed by atoms with Crippen LogP contribution in [-0.2, 0) is 16.1 Å². The van der Waals surface area contributed by atoms with E-state index >= 15 is 0 Å². The van der Waals surface area contributed by atoms with Crippen molar-refractivity contribution in [3.8, 4) is 0 Å². The third-order valence-corrected chi connectivity index (χ3v) is 4.04. The summed E-state index contributed by atoms with van der Waals surface area (Å²) in [7, 11) is 0. The van der Waals surface area contributed by atoms with Crippen LogP contribution in [0.2, 0.25) is 0 Å². The van der Waals surface area contributed by atoms with Gasteiger partial charge in [0.2, 0.25) is 11.8 Å². The summed E-state index contributed by atoms with van der Waals surface area (Å²) in [5, 5.41) is 2.70. The minimum atomic E-state index is -0.754. The molecule has 1 saturated heterocycles. The standard InChI is InChI=1S/C18H16F2N2O2/c19-13-3-1-12(2-4-13)11-21-17(23)16-9-10-22(18(16)24)15-7-5-14(20)6-8-15/h1-8,16H,9-11H2,(H,21,23)/t16-/m0/s1. The molecule has 0 aliphatic carbocycles. The number of anilines is 1. The summed E-state index contributed by atoms with van der Waals surface area (Å²) >= 11 is 0. The molecule has 0 spiro atoms. The topological polar surface area (TPSA) is 49.4 Å². The summed E-state index contributed by atoms with van der Waals surface area (Å²) in [4.78, 5) is 26.1. The van der Waals surface area contributed by atoms with Crippen LogP contribution in [0, 0.1) is 17.6 Å². The van der Waals surface area contributed by atoms with Crippen molar-refractivity contribution in [2.75, 3.05) is 11.4 Å². The third kappa shape index (κ3) is 3.42. The Kier molecular flexibility index (Phi) is 4.55. The molecule has 2 aromatic rings. The lowest BCUT2D eigenvalue weighted by atomic mass is 10.1. The van der Waals surface area contributed by atoms with Gasteiger partial charge >= 0.3 is 0 Å². The van der Waals surface area contributed by atoms with Crippen LogP contribution in [0.3, 0.4) is 0 Å². The molecule has 2 aromatic carbocycles. The average molecular weight is 330 g/mol. The van der Waals surface area contributed by atoms with Gasteiger partial charge in [0.1, 0.15) is 17.6 Å². The van der Waals surface area contributed by atoms with Gasteiger partial charge < -0.3 is 10.2 Å². The fraction of sp³-hybridized carbons (Fsp3) is 0.222. The number of nitrogens with zero attached hydrogens (tertiary/aromatic N) is 1. The quantitative estimate of drug-likeness (QED) is 0.876. The highest BCUT2D eigenvalue weighted by Crippen LogP contribution is 2.25. The lowest BCUT2D eigenvalue weighted by molar-refractivity contribution is -0.132. The van der Waals surface area contributed by atoms with E-state index in [2.05, 4.69) is 5.32 Å². The monoisotopic (exact) mass is 330 g/mol. The van der Waals surface area contributed by atoms with Crippen molar-refractivity contribution in [3.63, 3.8) is 0 Å². The highest BCUT2D eigenvalue weighted by atomic mass is 19.1. The van der Waals surface area contributed by atoms with Crippen molar-refractivity contribution in [3.05, 3.63) is 65.7 Å². The minimum absolute atomic E-state index is 0.236. The van der Waals surface area contributed by atoms with Gasteiger partial charge in [-0.05, 0) is 48.4 Å². The van der Waals surface area contributed by atoms with Crippen LogP contribution in [0.15, 0.2) is 48.5 Å². The van der Waals surface area contributed by atoms with Gasteiger partial charge in [-0.2, -0.15) is 0 Å². The molecule has 1 fully saturated rings. The van der Waals surface area contributed by atoms with Crippen LogP contribution in [0.5, 0.6) is 0 Å². The Hall–Kier alpha value is -2.76. The summed E-state index contributed by atoms with van der Waals surface area (Å²) in [5.74, 6) is -2.12. The second-order valence-electron chi connectivity index (χ2n) is 5.65. The van der Waals surface area contributed by atoms with E-state index in [4.69, 9.17) is 0 Å². The molecule has 3 rings (SSSR count). The van der Waals surface area contributed by atoms with E-state index in [1.54, 1.807) is 12.1 Å².